The van der Waals surface area contributed by atoms with Crippen molar-refractivity contribution in [2.24, 2.45) is 0 Å². The second-order valence-electron chi connectivity index (χ2n) is 3.85. The zero-order valence-electron chi connectivity index (χ0n) is 9.74. The van der Waals surface area contributed by atoms with Crippen molar-refractivity contribution in [1.29, 1.82) is 0 Å². The van der Waals surface area contributed by atoms with Gasteiger partial charge in [-0.2, -0.15) is 5.10 Å². The maximum absolute atomic E-state index is 13.9. The molecule has 6 nitrogen and oxygen atoms in total. The zero-order chi connectivity index (χ0) is 14.2. The molecule has 0 atom stereocenters. The number of rotatable bonds is 3. The minimum absolute atomic E-state index is 0.0193. The second-order valence-corrected chi connectivity index (χ2v) is 6.35. The first-order chi connectivity index (χ1) is 8.81. The number of aromatic nitrogens is 2. The summed E-state index contributed by atoms with van der Waals surface area (Å²) in [4.78, 5) is -0.534. The van der Waals surface area contributed by atoms with Crippen LogP contribution in [0, 0.1) is 12.7 Å². The number of anilines is 2. The third-order valence-electron chi connectivity index (χ3n) is 2.37. The van der Waals surface area contributed by atoms with Gasteiger partial charge in [-0.1, -0.05) is 0 Å². The van der Waals surface area contributed by atoms with Gasteiger partial charge in [0.05, 0.1) is 10.7 Å². The number of aromatic amines is 1. The molecular formula is C10H10BrFN4O2S. The Morgan fingerprint density at radius 2 is 2.16 bits per heavy atom. The van der Waals surface area contributed by atoms with E-state index in [-0.39, 0.29) is 16.0 Å². The highest BCUT2D eigenvalue weighted by atomic mass is 79.9. The Bertz CT molecular complexity index is 729. The molecule has 1 heterocycles. The molecule has 102 valence electrons. The standard InChI is InChI=1S/C10H10BrFN4O2S/c1-5-4-14-15-10(5)16-19(17,18)8-3-6(13)2-7(11)9(8)12/h2-4H,13H2,1H3,(H2,14,15,16). The third-order valence-corrected chi connectivity index (χ3v) is 4.30. The first kappa shape index (κ1) is 13.8. The molecule has 0 aliphatic rings. The van der Waals surface area contributed by atoms with Gasteiger partial charge in [0.2, 0.25) is 0 Å². The van der Waals surface area contributed by atoms with Crippen molar-refractivity contribution in [2.75, 3.05) is 10.5 Å². The summed E-state index contributed by atoms with van der Waals surface area (Å²) < 4.78 is 40.3. The number of hydrogen-bond acceptors (Lipinski definition) is 4. The highest BCUT2D eigenvalue weighted by Gasteiger charge is 2.23. The van der Waals surface area contributed by atoms with E-state index in [2.05, 4.69) is 30.8 Å². The second kappa shape index (κ2) is 4.82. The fourth-order valence-electron chi connectivity index (χ4n) is 1.42. The molecule has 0 bridgehead atoms. The quantitative estimate of drug-likeness (QED) is 0.738. The summed E-state index contributed by atoms with van der Waals surface area (Å²) in [6.07, 6.45) is 1.45. The number of benzene rings is 1. The van der Waals surface area contributed by atoms with Crippen LogP contribution in [0.15, 0.2) is 27.7 Å². The average molecular weight is 349 g/mol. The lowest BCUT2D eigenvalue weighted by Gasteiger charge is -2.09. The summed E-state index contributed by atoms with van der Waals surface area (Å²) in [5.41, 5.74) is 6.24. The van der Waals surface area contributed by atoms with Crippen LogP contribution in [0.5, 0.6) is 0 Å². The molecule has 19 heavy (non-hydrogen) atoms. The summed E-state index contributed by atoms with van der Waals surface area (Å²) >= 11 is 2.91. The number of halogens is 2. The molecule has 0 saturated carbocycles. The van der Waals surface area contributed by atoms with E-state index >= 15 is 0 Å². The number of nitrogen functional groups attached to an aromatic ring is 1. The molecular weight excluding hydrogens is 339 g/mol. The van der Waals surface area contributed by atoms with Crippen LogP contribution in [-0.2, 0) is 10.0 Å². The molecule has 1 aromatic heterocycles. The van der Waals surface area contributed by atoms with Crippen LogP contribution in [0.2, 0.25) is 0 Å². The van der Waals surface area contributed by atoms with Crippen molar-refractivity contribution in [3.05, 3.63) is 34.2 Å². The number of nitrogens with zero attached hydrogens (tertiary/aromatic N) is 1. The summed E-state index contributed by atoms with van der Waals surface area (Å²) in [5.74, 6) is -0.725. The largest absolute Gasteiger partial charge is 0.399 e. The Kier molecular flexibility index (Phi) is 3.50. The molecule has 0 fully saturated rings. The van der Waals surface area contributed by atoms with E-state index in [0.29, 0.717) is 5.56 Å². The lowest BCUT2D eigenvalue weighted by Crippen LogP contribution is -2.16. The number of aryl methyl sites for hydroxylation is 1. The van der Waals surface area contributed by atoms with Gasteiger partial charge in [-0.15, -0.1) is 0 Å². The van der Waals surface area contributed by atoms with Crippen molar-refractivity contribution < 1.29 is 12.8 Å². The van der Waals surface area contributed by atoms with Gasteiger partial charge in [-0.05, 0) is 35.0 Å². The fraction of sp³-hybridized carbons (Fsp3) is 0.100. The number of H-pyrrole nitrogens is 1. The molecule has 0 radical (unpaired) electrons. The van der Waals surface area contributed by atoms with Crippen LogP contribution < -0.4 is 10.5 Å². The van der Waals surface area contributed by atoms with E-state index in [1.54, 1.807) is 6.92 Å². The zero-order valence-corrected chi connectivity index (χ0v) is 12.1. The number of sulfonamides is 1. The predicted octanol–water partition coefficient (Wildman–Crippen LogP) is 2.00. The Balaban J connectivity index is 2.49. The minimum Gasteiger partial charge on any atom is -0.399 e. The number of nitrogens with one attached hydrogen (secondary N) is 2. The van der Waals surface area contributed by atoms with E-state index in [4.69, 9.17) is 5.73 Å². The smallest absolute Gasteiger partial charge is 0.266 e. The maximum Gasteiger partial charge on any atom is 0.266 e. The molecule has 1 aromatic carbocycles. The summed E-state index contributed by atoms with van der Waals surface area (Å²) in [6.45, 7) is 1.66. The minimum atomic E-state index is -4.09. The molecule has 2 rings (SSSR count). The van der Waals surface area contributed by atoms with Crippen molar-refractivity contribution in [3.8, 4) is 0 Å². The van der Waals surface area contributed by atoms with Gasteiger partial charge < -0.3 is 5.73 Å². The van der Waals surface area contributed by atoms with Crippen LogP contribution in [0.25, 0.3) is 0 Å². The molecule has 0 aliphatic carbocycles. The molecule has 9 heteroatoms. The van der Waals surface area contributed by atoms with E-state index in [1.165, 1.54) is 12.3 Å². The molecule has 0 aliphatic heterocycles. The van der Waals surface area contributed by atoms with Crippen molar-refractivity contribution >= 4 is 37.5 Å². The van der Waals surface area contributed by atoms with E-state index < -0.39 is 20.7 Å². The third kappa shape index (κ3) is 2.71. The number of nitrogens with two attached hydrogens (primary N) is 1. The molecule has 0 amide bonds. The van der Waals surface area contributed by atoms with Crippen LogP contribution in [0.1, 0.15) is 5.56 Å². The lowest BCUT2D eigenvalue weighted by atomic mass is 10.3. The normalized spacial score (nSPS) is 11.5. The Morgan fingerprint density at radius 1 is 1.47 bits per heavy atom. The number of hydrogen-bond donors (Lipinski definition) is 3. The molecule has 0 saturated heterocycles. The average Bonchev–Trinajstić information content (AvgIpc) is 2.69. The highest BCUT2D eigenvalue weighted by Crippen LogP contribution is 2.27. The summed E-state index contributed by atoms with van der Waals surface area (Å²) in [6, 6.07) is 2.34. The topological polar surface area (TPSA) is 101 Å². The van der Waals surface area contributed by atoms with Gasteiger partial charge in [0, 0.05) is 11.3 Å². The fourth-order valence-corrected chi connectivity index (χ4v) is 3.25. The van der Waals surface area contributed by atoms with Crippen LogP contribution in [0.4, 0.5) is 15.9 Å². The summed E-state index contributed by atoms with van der Waals surface area (Å²) in [7, 11) is -4.09. The monoisotopic (exact) mass is 348 g/mol. The van der Waals surface area contributed by atoms with Crippen LogP contribution in [0.3, 0.4) is 0 Å². The van der Waals surface area contributed by atoms with Gasteiger partial charge in [0.1, 0.15) is 10.7 Å². The molecule has 4 N–H and O–H groups in total. The Morgan fingerprint density at radius 3 is 2.74 bits per heavy atom. The molecule has 2 aromatic rings. The van der Waals surface area contributed by atoms with E-state index in [1.807, 2.05) is 0 Å². The predicted molar refractivity (Wildman–Crippen MR) is 72.6 cm³/mol. The summed E-state index contributed by atoms with van der Waals surface area (Å²) in [5, 5.41) is 6.15. The van der Waals surface area contributed by atoms with Gasteiger partial charge in [0.15, 0.2) is 5.82 Å². The van der Waals surface area contributed by atoms with Crippen molar-refractivity contribution in [2.45, 2.75) is 11.8 Å². The molecule has 0 unspecified atom stereocenters. The van der Waals surface area contributed by atoms with Gasteiger partial charge in [0.25, 0.3) is 10.0 Å². The van der Waals surface area contributed by atoms with Crippen LogP contribution in [-0.4, -0.2) is 18.6 Å². The van der Waals surface area contributed by atoms with Crippen molar-refractivity contribution in [3.63, 3.8) is 0 Å². The SMILES string of the molecule is Cc1cn[nH]c1NS(=O)(=O)c1cc(N)cc(Br)c1F. The van der Waals surface area contributed by atoms with Crippen molar-refractivity contribution in [1.82, 2.24) is 10.2 Å². The van der Waals surface area contributed by atoms with Gasteiger partial charge in [-0.3, -0.25) is 9.82 Å². The Hall–Kier alpha value is -1.61. The van der Waals surface area contributed by atoms with Crippen LogP contribution >= 0.6 is 15.9 Å². The lowest BCUT2D eigenvalue weighted by molar-refractivity contribution is 0.566. The first-order valence-corrected chi connectivity index (χ1v) is 7.36. The first-order valence-electron chi connectivity index (χ1n) is 5.08. The van der Waals surface area contributed by atoms with Gasteiger partial charge >= 0.3 is 0 Å². The molecule has 0 spiro atoms. The highest BCUT2D eigenvalue weighted by molar-refractivity contribution is 9.10. The Labute approximate surface area is 117 Å². The van der Waals surface area contributed by atoms with E-state index in [0.717, 1.165) is 6.07 Å². The van der Waals surface area contributed by atoms with E-state index in [9.17, 15) is 12.8 Å². The maximum atomic E-state index is 13.9. The van der Waals surface area contributed by atoms with Gasteiger partial charge in [-0.25, -0.2) is 12.8 Å².